The number of nitrogens with zero attached hydrogens (tertiary/aromatic N) is 2. The van der Waals surface area contributed by atoms with Crippen LogP contribution in [0.3, 0.4) is 0 Å². The van der Waals surface area contributed by atoms with E-state index in [1.807, 2.05) is 53.6 Å². The average Bonchev–Trinajstić information content (AvgIpc) is 3.19. The van der Waals surface area contributed by atoms with Gasteiger partial charge < -0.3 is 15.5 Å². The lowest BCUT2D eigenvalue weighted by molar-refractivity contribution is 0.0946. The Bertz CT molecular complexity index is 723. The normalized spacial score (nSPS) is 14.9. The van der Waals surface area contributed by atoms with Gasteiger partial charge in [-0.05, 0) is 30.5 Å². The highest BCUT2D eigenvalue weighted by atomic mass is 32.1. The van der Waals surface area contributed by atoms with Crippen molar-refractivity contribution < 1.29 is 9.59 Å². The number of urea groups is 1. The van der Waals surface area contributed by atoms with Crippen LogP contribution in [0.5, 0.6) is 0 Å². The van der Waals surface area contributed by atoms with Crippen LogP contribution in [-0.2, 0) is 0 Å². The van der Waals surface area contributed by atoms with Gasteiger partial charge >= 0.3 is 6.03 Å². The Kier molecular flexibility index (Phi) is 6.25. The number of thiophene rings is 1. The van der Waals surface area contributed by atoms with Crippen molar-refractivity contribution in [1.29, 1.82) is 0 Å². The number of carbonyl (C=O) groups is 2. The van der Waals surface area contributed by atoms with E-state index in [1.165, 1.54) is 16.9 Å². The molecule has 0 radical (unpaired) electrons. The van der Waals surface area contributed by atoms with Gasteiger partial charge in [0, 0.05) is 45.0 Å². The fourth-order valence-electron chi connectivity index (χ4n) is 2.84. The number of rotatable bonds is 5. The van der Waals surface area contributed by atoms with Crippen LogP contribution < -0.4 is 10.6 Å². The van der Waals surface area contributed by atoms with E-state index < -0.39 is 0 Å². The lowest BCUT2D eigenvalue weighted by atomic mass is 10.2. The molecule has 0 spiro atoms. The fraction of sp³-hybridized carbons (Fsp3) is 0.368. The van der Waals surface area contributed by atoms with Crippen molar-refractivity contribution in [2.45, 2.75) is 6.92 Å². The number of nitrogens with one attached hydrogen (secondary N) is 2. The van der Waals surface area contributed by atoms with Crippen molar-refractivity contribution in [2.75, 3.05) is 44.6 Å². The van der Waals surface area contributed by atoms with Gasteiger partial charge in [-0.2, -0.15) is 0 Å². The number of amides is 3. The molecule has 26 heavy (non-hydrogen) atoms. The third kappa shape index (κ3) is 5.06. The van der Waals surface area contributed by atoms with Crippen LogP contribution in [0, 0.1) is 6.92 Å². The summed E-state index contributed by atoms with van der Waals surface area (Å²) in [5, 5.41) is 7.78. The van der Waals surface area contributed by atoms with Gasteiger partial charge in [0.25, 0.3) is 5.91 Å². The zero-order valence-electron chi connectivity index (χ0n) is 14.9. The minimum absolute atomic E-state index is 0.0175. The van der Waals surface area contributed by atoms with Crippen LogP contribution >= 0.6 is 11.3 Å². The maximum atomic E-state index is 12.3. The summed E-state index contributed by atoms with van der Waals surface area (Å²) in [5.74, 6) is -0.0175. The van der Waals surface area contributed by atoms with Crippen molar-refractivity contribution in [1.82, 2.24) is 15.1 Å². The molecule has 2 aromatic rings. The highest BCUT2D eigenvalue weighted by molar-refractivity contribution is 7.12. The second-order valence-corrected chi connectivity index (χ2v) is 7.31. The molecule has 2 N–H and O–H groups in total. The predicted octanol–water partition coefficient (Wildman–Crippen LogP) is 2.64. The molecule has 6 nitrogen and oxygen atoms in total. The lowest BCUT2D eigenvalue weighted by Gasteiger charge is -2.34. The minimum Gasteiger partial charge on any atom is -0.350 e. The van der Waals surface area contributed by atoms with Crippen LogP contribution in [0.25, 0.3) is 0 Å². The minimum atomic E-state index is -0.0560. The SMILES string of the molecule is Cc1ccc(NC(=O)N2CCN(CCNC(=O)c3cccs3)CC2)cc1. The monoisotopic (exact) mass is 372 g/mol. The van der Waals surface area contributed by atoms with Gasteiger partial charge in [-0.25, -0.2) is 4.79 Å². The van der Waals surface area contributed by atoms with E-state index in [1.54, 1.807) is 0 Å². The number of hydrogen-bond acceptors (Lipinski definition) is 4. The maximum absolute atomic E-state index is 12.3. The molecule has 1 aromatic carbocycles. The molecular formula is C19H24N4O2S. The number of benzene rings is 1. The summed E-state index contributed by atoms with van der Waals surface area (Å²) in [5.41, 5.74) is 1.99. The molecule has 0 bridgehead atoms. The van der Waals surface area contributed by atoms with E-state index in [2.05, 4.69) is 15.5 Å². The quantitative estimate of drug-likeness (QED) is 0.848. The third-order valence-corrected chi connectivity index (χ3v) is 5.29. The molecule has 138 valence electrons. The van der Waals surface area contributed by atoms with Crippen molar-refractivity contribution in [3.05, 3.63) is 52.2 Å². The maximum Gasteiger partial charge on any atom is 0.321 e. The molecule has 3 rings (SSSR count). The van der Waals surface area contributed by atoms with Crippen LogP contribution in [0.1, 0.15) is 15.2 Å². The first kappa shape index (κ1) is 18.4. The summed E-state index contributed by atoms with van der Waals surface area (Å²) in [6.07, 6.45) is 0. The Morgan fingerprint density at radius 3 is 2.46 bits per heavy atom. The van der Waals surface area contributed by atoms with Crippen LogP contribution in [0.2, 0.25) is 0 Å². The van der Waals surface area contributed by atoms with E-state index >= 15 is 0 Å². The Labute approximate surface area is 157 Å². The van der Waals surface area contributed by atoms with Crippen LogP contribution in [0.4, 0.5) is 10.5 Å². The van der Waals surface area contributed by atoms with Crippen LogP contribution in [-0.4, -0.2) is 61.0 Å². The zero-order chi connectivity index (χ0) is 18.4. The topological polar surface area (TPSA) is 64.7 Å². The molecular weight excluding hydrogens is 348 g/mol. The Morgan fingerprint density at radius 1 is 1.08 bits per heavy atom. The Hall–Kier alpha value is -2.38. The Balaban J connectivity index is 1.36. The lowest BCUT2D eigenvalue weighted by Crippen LogP contribution is -2.51. The predicted molar refractivity (Wildman–Crippen MR) is 105 cm³/mol. The van der Waals surface area contributed by atoms with Gasteiger partial charge in [-0.3, -0.25) is 9.69 Å². The van der Waals surface area contributed by atoms with E-state index in [0.717, 1.165) is 30.2 Å². The number of anilines is 1. The van der Waals surface area contributed by atoms with E-state index in [0.29, 0.717) is 19.6 Å². The highest BCUT2D eigenvalue weighted by Gasteiger charge is 2.21. The highest BCUT2D eigenvalue weighted by Crippen LogP contribution is 2.11. The number of carbonyl (C=O) groups excluding carboxylic acids is 2. The smallest absolute Gasteiger partial charge is 0.321 e. The molecule has 1 fully saturated rings. The van der Waals surface area contributed by atoms with Crippen molar-refractivity contribution in [3.63, 3.8) is 0 Å². The molecule has 0 unspecified atom stereocenters. The summed E-state index contributed by atoms with van der Waals surface area (Å²) < 4.78 is 0. The summed E-state index contributed by atoms with van der Waals surface area (Å²) >= 11 is 1.45. The van der Waals surface area contributed by atoms with Gasteiger partial charge in [0.1, 0.15) is 0 Å². The molecule has 7 heteroatoms. The molecule has 0 aliphatic carbocycles. The van der Waals surface area contributed by atoms with Gasteiger partial charge in [-0.15, -0.1) is 11.3 Å². The zero-order valence-corrected chi connectivity index (χ0v) is 15.7. The van der Waals surface area contributed by atoms with E-state index in [4.69, 9.17) is 0 Å². The van der Waals surface area contributed by atoms with Gasteiger partial charge in [0.05, 0.1) is 4.88 Å². The van der Waals surface area contributed by atoms with Crippen molar-refractivity contribution in [2.24, 2.45) is 0 Å². The third-order valence-electron chi connectivity index (χ3n) is 4.42. The number of aryl methyl sites for hydroxylation is 1. The van der Waals surface area contributed by atoms with E-state index in [9.17, 15) is 9.59 Å². The second kappa shape index (κ2) is 8.82. The molecule has 1 aliphatic heterocycles. The molecule has 1 aromatic heterocycles. The molecule has 2 heterocycles. The van der Waals surface area contributed by atoms with Gasteiger partial charge in [-0.1, -0.05) is 23.8 Å². The standard InChI is InChI=1S/C19H24N4O2S/c1-15-4-6-16(7-5-15)21-19(25)23-12-10-22(11-13-23)9-8-20-18(24)17-3-2-14-26-17/h2-7,14H,8-13H2,1H3,(H,20,24)(H,21,25). The summed E-state index contributed by atoms with van der Waals surface area (Å²) in [4.78, 5) is 29.1. The molecule has 0 saturated carbocycles. The van der Waals surface area contributed by atoms with Crippen molar-refractivity contribution in [3.8, 4) is 0 Å². The molecule has 1 aliphatic rings. The Morgan fingerprint density at radius 2 is 1.81 bits per heavy atom. The first-order valence-electron chi connectivity index (χ1n) is 8.78. The first-order chi connectivity index (χ1) is 12.6. The van der Waals surface area contributed by atoms with E-state index in [-0.39, 0.29) is 11.9 Å². The first-order valence-corrected chi connectivity index (χ1v) is 9.66. The largest absolute Gasteiger partial charge is 0.350 e. The summed E-state index contributed by atoms with van der Waals surface area (Å²) in [6, 6.07) is 11.4. The molecule has 3 amide bonds. The summed E-state index contributed by atoms with van der Waals surface area (Å²) in [7, 11) is 0. The van der Waals surface area contributed by atoms with Crippen molar-refractivity contribution >= 4 is 29.0 Å². The fourth-order valence-corrected chi connectivity index (χ4v) is 3.48. The summed E-state index contributed by atoms with van der Waals surface area (Å²) in [6.45, 7) is 6.45. The second-order valence-electron chi connectivity index (χ2n) is 6.36. The number of hydrogen-bond donors (Lipinski definition) is 2. The number of piperazine rings is 1. The average molecular weight is 372 g/mol. The molecule has 1 saturated heterocycles. The van der Waals surface area contributed by atoms with Crippen LogP contribution in [0.15, 0.2) is 41.8 Å². The van der Waals surface area contributed by atoms with Gasteiger partial charge in [0.15, 0.2) is 0 Å². The van der Waals surface area contributed by atoms with Gasteiger partial charge in [0.2, 0.25) is 0 Å². The molecule has 0 atom stereocenters.